The van der Waals surface area contributed by atoms with Gasteiger partial charge in [-0.3, -0.25) is 4.79 Å². The molecule has 0 spiro atoms. The van der Waals surface area contributed by atoms with E-state index in [1.165, 1.54) is 17.7 Å². The molecule has 124 valence electrons. The number of rotatable bonds is 5. The molecule has 0 aliphatic rings. The molecular weight excluding hydrogens is 303 g/mol. The number of nitrogens with one attached hydrogen (secondary N) is 2. The van der Waals surface area contributed by atoms with Crippen molar-refractivity contribution in [2.75, 3.05) is 6.54 Å². The first-order valence-corrected chi connectivity index (χ1v) is 8.08. The van der Waals surface area contributed by atoms with Crippen LogP contribution in [0.5, 0.6) is 0 Å². The Morgan fingerprint density at radius 3 is 2.67 bits per heavy atom. The molecule has 0 fully saturated rings. The molecule has 0 atom stereocenters. The Labute approximate surface area is 140 Å². The van der Waals surface area contributed by atoms with Crippen LogP contribution >= 0.6 is 0 Å². The summed E-state index contributed by atoms with van der Waals surface area (Å²) in [6, 6.07) is 14.6. The number of amides is 1. The van der Waals surface area contributed by atoms with Crippen molar-refractivity contribution in [3.8, 4) is 0 Å². The first-order chi connectivity index (χ1) is 11.5. The van der Waals surface area contributed by atoms with Crippen molar-refractivity contribution in [2.24, 2.45) is 0 Å². The van der Waals surface area contributed by atoms with E-state index >= 15 is 0 Å². The lowest BCUT2D eigenvalue weighted by Gasteiger charge is -2.23. The summed E-state index contributed by atoms with van der Waals surface area (Å²) in [5.41, 5.74) is 2.07. The summed E-state index contributed by atoms with van der Waals surface area (Å²) in [4.78, 5) is 15.7. The van der Waals surface area contributed by atoms with Crippen LogP contribution in [0.2, 0.25) is 0 Å². The number of benzene rings is 2. The maximum absolute atomic E-state index is 13.3. The fourth-order valence-corrected chi connectivity index (χ4v) is 2.92. The highest BCUT2D eigenvalue weighted by molar-refractivity contribution is 5.94. The van der Waals surface area contributed by atoms with Crippen LogP contribution in [-0.4, -0.2) is 17.4 Å². The van der Waals surface area contributed by atoms with Gasteiger partial charge >= 0.3 is 0 Å². The van der Waals surface area contributed by atoms with Gasteiger partial charge in [-0.1, -0.05) is 30.3 Å². The number of fused-ring (bicyclic) bond motifs is 1. The van der Waals surface area contributed by atoms with E-state index in [4.69, 9.17) is 0 Å². The monoisotopic (exact) mass is 324 g/mol. The van der Waals surface area contributed by atoms with Crippen molar-refractivity contribution < 1.29 is 9.18 Å². The third kappa shape index (κ3) is 3.18. The number of aromatic amines is 1. The van der Waals surface area contributed by atoms with Crippen LogP contribution in [0.15, 0.2) is 54.7 Å². The van der Waals surface area contributed by atoms with Crippen LogP contribution < -0.4 is 5.32 Å². The van der Waals surface area contributed by atoms with Gasteiger partial charge in [0.05, 0.1) is 5.41 Å². The van der Waals surface area contributed by atoms with Gasteiger partial charge in [0.15, 0.2) is 0 Å². The van der Waals surface area contributed by atoms with Crippen molar-refractivity contribution in [1.29, 1.82) is 0 Å². The van der Waals surface area contributed by atoms with Crippen LogP contribution in [0, 0.1) is 5.82 Å². The van der Waals surface area contributed by atoms with Gasteiger partial charge in [-0.05, 0) is 49.6 Å². The first kappa shape index (κ1) is 16.2. The number of carbonyl (C=O) groups is 1. The highest BCUT2D eigenvalue weighted by Gasteiger charge is 2.31. The standard InChI is InChI=1S/C20H21FN2O/c1-20(2,17-13-23-18-12-15(21)8-9-16(17)18)19(24)22-11-10-14-6-4-3-5-7-14/h3-9,12-13,23H,10-11H2,1-2H3,(H,22,24). The molecule has 0 saturated carbocycles. The predicted molar refractivity (Wildman–Crippen MR) is 94.4 cm³/mol. The molecule has 0 aliphatic heterocycles. The zero-order chi connectivity index (χ0) is 17.2. The van der Waals surface area contributed by atoms with E-state index in [1.807, 2.05) is 44.2 Å². The van der Waals surface area contributed by atoms with E-state index in [0.717, 1.165) is 17.4 Å². The minimum Gasteiger partial charge on any atom is -0.361 e. The Morgan fingerprint density at radius 1 is 1.17 bits per heavy atom. The highest BCUT2D eigenvalue weighted by atomic mass is 19.1. The van der Waals surface area contributed by atoms with Crippen molar-refractivity contribution in [1.82, 2.24) is 10.3 Å². The summed E-state index contributed by atoms with van der Waals surface area (Å²) in [5.74, 6) is -0.329. The van der Waals surface area contributed by atoms with Gasteiger partial charge in [-0.25, -0.2) is 4.39 Å². The van der Waals surface area contributed by atoms with Gasteiger partial charge in [0, 0.05) is 23.6 Å². The third-order valence-corrected chi connectivity index (χ3v) is 4.43. The molecule has 0 bridgehead atoms. The van der Waals surface area contributed by atoms with Crippen molar-refractivity contribution in [3.63, 3.8) is 0 Å². The minimum atomic E-state index is -0.702. The highest BCUT2D eigenvalue weighted by Crippen LogP contribution is 2.31. The van der Waals surface area contributed by atoms with Crippen LogP contribution in [0.4, 0.5) is 4.39 Å². The fourth-order valence-electron chi connectivity index (χ4n) is 2.92. The van der Waals surface area contributed by atoms with Gasteiger partial charge in [0.25, 0.3) is 0 Å². The molecule has 0 aliphatic carbocycles. The van der Waals surface area contributed by atoms with Crippen LogP contribution in [0.3, 0.4) is 0 Å². The number of hydrogen-bond acceptors (Lipinski definition) is 1. The van der Waals surface area contributed by atoms with Gasteiger partial charge in [-0.2, -0.15) is 0 Å². The van der Waals surface area contributed by atoms with Crippen LogP contribution in [0.25, 0.3) is 10.9 Å². The Kier molecular flexibility index (Phi) is 4.38. The SMILES string of the molecule is CC(C)(C(=O)NCCc1ccccc1)c1c[nH]c2cc(F)ccc12. The van der Waals surface area contributed by atoms with Crippen molar-refractivity contribution in [3.05, 3.63) is 71.7 Å². The van der Waals surface area contributed by atoms with Crippen LogP contribution in [-0.2, 0) is 16.6 Å². The maximum atomic E-state index is 13.3. The number of halogens is 1. The maximum Gasteiger partial charge on any atom is 0.230 e. The molecule has 2 N–H and O–H groups in total. The molecule has 24 heavy (non-hydrogen) atoms. The summed E-state index contributed by atoms with van der Waals surface area (Å²) in [6.45, 7) is 4.36. The molecular formula is C20H21FN2O. The van der Waals surface area contributed by atoms with Crippen molar-refractivity contribution >= 4 is 16.8 Å². The van der Waals surface area contributed by atoms with Gasteiger partial charge in [0.1, 0.15) is 5.82 Å². The Bertz CT molecular complexity index is 852. The summed E-state index contributed by atoms with van der Waals surface area (Å²) in [5, 5.41) is 3.88. The second-order valence-corrected chi connectivity index (χ2v) is 6.51. The molecule has 3 nitrogen and oxygen atoms in total. The van der Waals surface area contributed by atoms with E-state index in [-0.39, 0.29) is 11.7 Å². The molecule has 3 aromatic rings. The van der Waals surface area contributed by atoms with Gasteiger partial charge in [-0.15, -0.1) is 0 Å². The topological polar surface area (TPSA) is 44.9 Å². The summed E-state index contributed by atoms with van der Waals surface area (Å²) in [6.07, 6.45) is 2.59. The normalized spacial score (nSPS) is 11.6. The van der Waals surface area contributed by atoms with E-state index < -0.39 is 5.41 Å². The van der Waals surface area contributed by atoms with Gasteiger partial charge in [0.2, 0.25) is 5.91 Å². The number of hydrogen-bond donors (Lipinski definition) is 2. The molecule has 4 heteroatoms. The van der Waals surface area contributed by atoms with E-state index in [2.05, 4.69) is 10.3 Å². The molecule has 2 aromatic carbocycles. The number of H-pyrrole nitrogens is 1. The molecule has 0 unspecified atom stereocenters. The van der Waals surface area contributed by atoms with Crippen LogP contribution in [0.1, 0.15) is 25.0 Å². The van der Waals surface area contributed by atoms with E-state index in [0.29, 0.717) is 12.1 Å². The summed E-state index contributed by atoms with van der Waals surface area (Å²) in [7, 11) is 0. The zero-order valence-electron chi connectivity index (χ0n) is 13.9. The minimum absolute atomic E-state index is 0.0383. The second-order valence-electron chi connectivity index (χ2n) is 6.51. The second kappa shape index (κ2) is 6.48. The lowest BCUT2D eigenvalue weighted by Crippen LogP contribution is -2.40. The Balaban J connectivity index is 1.72. The largest absolute Gasteiger partial charge is 0.361 e. The van der Waals surface area contributed by atoms with Crippen molar-refractivity contribution in [2.45, 2.75) is 25.7 Å². The van der Waals surface area contributed by atoms with Gasteiger partial charge < -0.3 is 10.3 Å². The quantitative estimate of drug-likeness (QED) is 0.733. The number of aromatic nitrogens is 1. The predicted octanol–water partition coefficient (Wildman–Crippen LogP) is 3.94. The molecule has 3 rings (SSSR count). The molecule has 1 heterocycles. The summed E-state index contributed by atoms with van der Waals surface area (Å²) < 4.78 is 13.3. The Hall–Kier alpha value is -2.62. The summed E-state index contributed by atoms with van der Waals surface area (Å²) >= 11 is 0. The molecule has 0 saturated heterocycles. The van der Waals surface area contributed by atoms with E-state index in [1.54, 1.807) is 12.3 Å². The lowest BCUT2D eigenvalue weighted by atomic mass is 9.83. The Morgan fingerprint density at radius 2 is 1.92 bits per heavy atom. The first-order valence-electron chi connectivity index (χ1n) is 8.08. The molecule has 1 aromatic heterocycles. The smallest absolute Gasteiger partial charge is 0.230 e. The van der Waals surface area contributed by atoms with E-state index in [9.17, 15) is 9.18 Å². The third-order valence-electron chi connectivity index (χ3n) is 4.43. The zero-order valence-corrected chi connectivity index (χ0v) is 13.9. The number of carbonyl (C=O) groups excluding carboxylic acids is 1. The lowest BCUT2D eigenvalue weighted by molar-refractivity contribution is -0.125. The molecule has 1 amide bonds. The molecule has 0 radical (unpaired) electrons. The average molecular weight is 324 g/mol. The fraction of sp³-hybridized carbons (Fsp3) is 0.250. The average Bonchev–Trinajstić information content (AvgIpc) is 2.99.